The summed E-state index contributed by atoms with van der Waals surface area (Å²) in [6.45, 7) is 2.66. The van der Waals surface area contributed by atoms with Crippen molar-refractivity contribution in [1.29, 1.82) is 0 Å². The van der Waals surface area contributed by atoms with Crippen molar-refractivity contribution in [2.24, 2.45) is 0 Å². The molecular formula is C29H33N3O6. The van der Waals surface area contributed by atoms with Crippen molar-refractivity contribution < 1.29 is 28.8 Å². The first-order valence-corrected chi connectivity index (χ1v) is 12.2. The van der Waals surface area contributed by atoms with E-state index in [1.165, 1.54) is 0 Å². The van der Waals surface area contributed by atoms with Crippen LogP contribution in [0.25, 0.3) is 0 Å². The Bertz CT molecular complexity index is 996. The molecule has 0 amide bonds. The van der Waals surface area contributed by atoms with Crippen LogP contribution in [0.2, 0.25) is 0 Å². The molecule has 1 aromatic heterocycles. The maximum absolute atomic E-state index is 8.20. The lowest BCUT2D eigenvalue weighted by Gasteiger charge is -2.10. The molecular weight excluding hydrogens is 486 g/mol. The largest absolute Gasteiger partial charge is 0.458 e. The molecule has 0 saturated carbocycles. The summed E-state index contributed by atoms with van der Waals surface area (Å²) in [5.74, 6) is 0. The predicted molar refractivity (Wildman–Crippen MR) is 142 cm³/mol. The van der Waals surface area contributed by atoms with Gasteiger partial charge < -0.3 is 28.8 Å². The Morgan fingerprint density at radius 1 is 0.526 bits per heavy atom. The third-order valence-corrected chi connectivity index (χ3v) is 4.87. The minimum Gasteiger partial charge on any atom is -0.458 e. The Morgan fingerprint density at radius 2 is 0.895 bits per heavy atom. The zero-order valence-corrected chi connectivity index (χ0v) is 21.4. The minimum absolute atomic E-state index is 0.0870. The quantitative estimate of drug-likeness (QED) is 0.245. The first kappa shape index (κ1) is 28.5. The van der Waals surface area contributed by atoms with E-state index in [4.69, 9.17) is 24.1 Å². The first-order chi connectivity index (χ1) is 18.8. The van der Waals surface area contributed by atoms with Gasteiger partial charge in [-0.1, -0.05) is 91.0 Å². The third kappa shape index (κ3) is 11.3. The highest BCUT2D eigenvalue weighted by molar-refractivity contribution is 5.18. The molecule has 0 radical (unpaired) electrons. The summed E-state index contributed by atoms with van der Waals surface area (Å²) in [5.41, 5.74) is 3.03. The molecule has 0 atom stereocenters. The molecule has 9 nitrogen and oxygen atoms in total. The normalized spacial score (nSPS) is 10.3. The van der Waals surface area contributed by atoms with Crippen LogP contribution in [0.1, 0.15) is 16.7 Å². The molecule has 4 rings (SSSR count). The predicted octanol–water partition coefficient (Wildman–Crippen LogP) is 4.25. The van der Waals surface area contributed by atoms with Crippen LogP contribution in [0.15, 0.2) is 91.0 Å². The lowest BCUT2D eigenvalue weighted by Crippen LogP contribution is -2.07. The first-order valence-electron chi connectivity index (χ1n) is 12.2. The molecule has 0 spiro atoms. The van der Waals surface area contributed by atoms with E-state index in [2.05, 4.69) is 19.7 Å². The average Bonchev–Trinajstić information content (AvgIpc) is 2.98. The number of hydrogen-bond donors (Lipinski definition) is 1. The van der Waals surface area contributed by atoms with Crippen molar-refractivity contribution in [1.82, 2.24) is 15.0 Å². The molecule has 9 heteroatoms. The van der Waals surface area contributed by atoms with Gasteiger partial charge in [-0.25, -0.2) is 0 Å². The van der Waals surface area contributed by atoms with Crippen LogP contribution < -0.4 is 14.2 Å². The second kappa shape index (κ2) is 17.4. The maximum Gasteiger partial charge on any atom is 0.326 e. The van der Waals surface area contributed by atoms with Crippen molar-refractivity contribution in [2.75, 3.05) is 33.5 Å². The molecule has 38 heavy (non-hydrogen) atoms. The van der Waals surface area contributed by atoms with Gasteiger partial charge in [0.05, 0.1) is 26.4 Å². The van der Waals surface area contributed by atoms with Crippen LogP contribution in [0.5, 0.6) is 18.0 Å². The minimum atomic E-state index is 0.0870. The molecule has 0 unspecified atom stereocenters. The summed E-state index contributed by atoms with van der Waals surface area (Å²) in [6, 6.07) is 29.9. The molecule has 3 aromatic carbocycles. The highest BCUT2D eigenvalue weighted by Crippen LogP contribution is 2.18. The van der Waals surface area contributed by atoms with Gasteiger partial charge in [0.1, 0.15) is 19.8 Å². The summed E-state index contributed by atoms with van der Waals surface area (Å²) in [7, 11) is 1.61. The zero-order valence-electron chi connectivity index (χ0n) is 21.4. The third-order valence-electron chi connectivity index (χ3n) is 4.87. The van der Waals surface area contributed by atoms with Crippen molar-refractivity contribution in [3.05, 3.63) is 108 Å². The van der Waals surface area contributed by atoms with Gasteiger partial charge >= 0.3 is 18.0 Å². The van der Waals surface area contributed by atoms with Crippen molar-refractivity contribution >= 4 is 0 Å². The van der Waals surface area contributed by atoms with E-state index in [0.29, 0.717) is 39.6 Å². The monoisotopic (exact) mass is 519 g/mol. The van der Waals surface area contributed by atoms with E-state index in [1.54, 1.807) is 7.11 Å². The Hall–Kier alpha value is -4.05. The Balaban J connectivity index is 0.000000436. The molecule has 200 valence electrons. The van der Waals surface area contributed by atoms with Gasteiger partial charge in [-0.15, -0.1) is 15.0 Å². The van der Waals surface area contributed by atoms with Crippen molar-refractivity contribution in [3.63, 3.8) is 0 Å². The lowest BCUT2D eigenvalue weighted by molar-refractivity contribution is 0.0500. The molecule has 0 saturated heterocycles. The summed E-state index contributed by atoms with van der Waals surface area (Å²) >= 11 is 0. The van der Waals surface area contributed by atoms with Gasteiger partial charge in [0.15, 0.2) is 0 Å². The van der Waals surface area contributed by atoms with E-state index in [0.717, 1.165) is 16.7 Å². The Labute approximate surface area is 223 Å². The fraction of sp³-hybridized carbons (Fsp3) is 0.276. The van der Waals surface area contributed by atoms with Gasteiger partial charge in [0.2, 0.25) is 0 Å². The van der Waals surface area contributed by atoms with E-state index in [-0.39, 0.29) is 24.6 Å². The van der Waals surface area contributed by atoms with Gasteiger partial charge in [-0.05, 0) is 16.7 Å². The van der Waals surface area contributed by atoms with Crippen LogP contribution in [0.3, 0.4) is 0 Å². The topological polar surface area (TPSA) is 105 Å². The molecule has 0 fully saturated rings. The van der Waals surface area contributed by atoms with Gasteiger partial charge in [-0.2, -0.15) is 0 Å². The highest BCUT2D eigenvalue weighted by atomic mass is 16.5. The number of hydrogen-bond acceptors (Lipinski definition) is 9. The van der Waals surface area contributed by atoms with E-state index in [1.807, 2.05) is 91.0 Å². The van der Waals surface area contributed by atoms with Crippen molar-refractivity contribution in [3.8, 4) is 18.0 Å². The average molecular weight is 520 g/mol. The van der Waals surface area contributed by atoms with E-state index >= 15 is 0 Å². The summed E-state index contributed by atoms with van der Waals surface area (Å²) < 4.78 is 26.8. The fourth-order valence-electron chi connectivity index (χ4n) is 2.99. The highest BCUT2D eigenvalue weighted by Gasteiger charge is 2.11. The zero-order chi connectivity index (χ0) is 26.7. The number of aromatic nitrogens is 3. The SMILES string of the molecule is COCCOCCO.c1ccc(COc2nc(OCc3ccccc3)nc(OCc3ccccc3)n2)cc1. The van der Waals surface area contributed by atoms with Crippen LogP contribution in [-0.2, 0) is 29.3 Å². The molecule has 0 aliphatic heterocycles. The molecule has 0 aliphatic rings. The number of ether oxygens (including phenoxy) is 5. The Kier molecular flexibility index (Phi) is 13.1. The number of aliphatic hydroxyl groups excluding tert-OH is 1. The molecule has 0 bridgehead atoms. The Morgan fingerprint density at radius 3 is 1.21 bits per heavy atom. The van der Waals surface area contributed by atoms with Gasteiger partial charge in [-0.3, -0.25) is 0 Å². The number of methoxy groups -OCH3 is 1. The standard InChI is InChI=1S/C24H21N3O3.C5H12O3/c1-4-10-19(11-5-1)16-28-22-25-23(29-17-20-12-6-2-7-13-20)27-24(26-22)30-18-21-14-8-3-9-15-21;1-7-4-5-8-3-2-6/h1-15H,16-18H2;6H,2-5H2,1H3. The molecule has 1 heterocycles. The lowest BCUT2D eigenvalue weighted by atomic mass is 10.2. The second-order valence-corrected chi connectivity index (χ2v) is 7.83. The maximum atomic E-state index is 8.20. The summed E-state index contributed by atoms with van der Waals surface area (Å²) in [5, 5.41) is 8.20. The van der Waals surface area contributed by atoms with E-state index < -0.39 is 0 Å². The second-order valence-electron chi connectivity index (χ2n) is 7.83. The molecule has 0 aliphatic carbocycles. The number of rotatable bonds is 14. The summed E-state index contributed by atoms with van der Waals surface area (Å²) in [6.07, 6.45) is 0. The van der Waals surface area contributed by atoms with E-state index in [9.17, 15) is 0 Å². The van der Waals surface area contributed by atoms with Gasteiger partial charge in [0, 0.05) is 7.11 Å². The summed E-state index contributed by atoms with van der Waals surface area (Å²) in [4.78, 5) is 12.8. The van der Waals surface area contributed by atoms with Crippen LogP contribution >= 0.6 is 0 Å². The number of nitrogens with zero attached hydrogens (tertiary/aromatic N) is 3. The molecule has 4 aromatic rings. The number of aliphatic hydroxyl groups is 1. The van der Waals surface area contributed by atoms with Crippen molar-refractivity contribution in [2.45, 2.75) is 19.8 Å². The number of benzene rings is 3. The van der Waals surface area contributed by atoms with Crippen LogP contribution in [0, 0.1) is 0 Å². The van der Waals surface area contributed by atoms with Crippen LogP contribution in [-0.4, -0.2) is 53.6 Å². The molecule has 1 N–H and O–H groups in total. The smallest absolute Gasteiger partial charge is 0.326 e. The fourth-order valence-corrected chi connectivity index (χ4v) is 2.99. The van der Waals surface area contributed by atoms with Gasteiger partial charge in [0.25, 0.3) is 0 Å². The van der Waals surface area contributed by atoms with Crippen LogP contribution in [0.4, 0.5) is 0 Å².